The van der Waals surface area contributed by atoms with Gasteiger partial charge in [-0.3, -0.25) is 9.89 Å². The Bertz CT molecular complexity index is 237. The quantitative estimate of drug-likeness (QED) is 0.410. The Balaban J connectivity index is 0.00000289. The van der Waals surface area contributed by atoms with Gasteiger partial charge in [-0.05, 0) is 38.8 Å². The lowest BCUT2D eigenvalue weighted by molar-refractivity contribution is 0.231. The van der Waals surface area contributed by atoms with Crippen LogP contribution >= 0.6 is 24.0 Å². The smallest absolute Gasteiger partial charge is 0.191 e. The molecule has 1 atom stereocenters. The van der Waals surface area contributed by atoms with Crippen LogP contribution in [0.15, 0.2) is 4.99 Å². The van der Waals surface area contributed by atoms with Gasteiger partial charge in [0.05, 0.1) is 0 Å². The van der Waals surface area contributed by atoms with Gasteiger partial charge in [-0.1, -0.05) is 13.8 Å². The molecule has 1 rings (SSSR count). The molecule has 5 heteroatoms. The second kappa shape index (κ2) is 9.83. The maximum Gasteiger partial charge on any atom is 0.191 e. The third-order valence-corrected chi connectivity index (χ3v) is 3.48. The Kier molecular flexibility index (Phi) is 9.81. The van der Waals surface area contributed by atoms with E-state index in [4.69, 9.17) is 0 Å². The minimum absolute atomic E-state index is 0. The van der Waals surface area contributed by atoms with Crippen molar-refractivity contribution in [3.05, 3.63) is 0 Å². The second-order valence-corrected chi connectivity index (χ2v) is 4.85. The summed E-state index contributed by atoms with van der Waals surface area (Å²) in [7, 11) is 1.84. The van der Waals surface area contributed by atoms with Crippen molar-refractivity contribution in [1.29, 1.82) is 0 Å². The van der Waals surface area contributed by atoms with E-state index in [9.17, 15) is 0 Å². The van der Waals surface area contributed by atoms with E-state index < -0.39 is 0 Å². The molecular formula is C13H29IN4. The molecule has 0 spiro atoms. The van der Waals surface area contributed by atoms with Crippen molar-refractivity contribution in [2.24, 2.45) is 10.9 Å². The molecule has 0 heterocycles. The number of guanidine groups is 1. The summed E-state index contributed by atoms with van der Waals surface area (Å²) >= 11 is 0. The van der Waals surface area contributed by atoms with Gasteiger partial charge in [-0.25, -0.2) is 0 Å². The number of nitrogens with zero attached hydrogens (tertiary/aromatic N) is 2. The first-order chi connectivity index (χ1) is 8.21. The molecular weight excluding hydrogens is 339 g/mol. The average Bonchev–Trinajstić information content (AvgIpc) is 3.15. The molecule has 0 aliphatic heterocycles. The standard InChI is InChI=1S/C13H28N4.HI/c1-5-17(6-2)11(3)9-15-13(14-4)16-10-12-7-8-12;/h11-12H,5-10H2,1-4H3,(H2,14,15,16);1H. The molecule has 0 radical (unpaired) electrons. The normalized spacial score (nSPS) is 17.3. The molecule has 0 aromatic heterocycles. The highest BCUT2D eigenvalue weighted by Crippen LogP contribution is 2.27. The molecule has 2 N–H and O–H groups in total. The van der Waals surface area contributed by atoms with Crippen LogP contribution in [0.4, 0.5) is 0 Å². The van der Waals surface area contributed by atoms with Crippen LogP contribution in [0.5, 0.6) is 0 Å². The molecule has 1 aliphatic carbocycles. The Morgan fingerprint density at radius 3 is 2.33 bits per heavy atom. The second-order valence-electron chi connectivity index (χ2n) is 4.85. The number of hydrogen-bond acceptors (Lipinski definition) is 2. The van der Waals surface area contributed by atoms with E-state index in [1.54, 1.807) is 0 Å². The van der Waals surface area contributed by atoms with Crippen molar-refractivity contribution in [3.63, 3.8) is 0 Å². The predicted octanol–water partition coefficient (Wildman–Crippen LogP) is 1.91. The van der Waals surface area contributed by atoms with Crippen molar-refractivity contribution in [3.8, 4) is 0 Å². The molecule has 1 unspecified atom stereocenters. The molecule has 0 saturated heterocycles. The third kappa shape index (κ3) is 6.78. The minimum atomic E-state index is 0. The number of hydrogen-bond donors (Lipinski definition) is 2. The summed E-state index contributed by atoms with van der Waals surface area (Å²) in [6.07, 6.45) is 2.75. The van der Waals surface area contributed by atoms with Crippen molar-refractivity contribution >= 4 is 29.9 Å². The molecule has 18 heavy (non-hydrogen) atoms. The largest absolute Gasteiger partial charge is 0.356 e. The summed E-state index contributed by atoms with van der Waals surface area (Å²) < 4.78 is 0. The fourth-order valence-electron chi connectivity index (χ4n) is 2.00. The first-order valence-corrected chi connectivity index (χ1v) is 6.89. The maximum absolute atomic E-state index is 4.25. The van der Waals surface area contributed by atoms with E-state index in [1.165, 1.54) is 12.8 Å². The molecule has 1 aliphatic rings. The van der Waals surface area contributed by atoms with Crippen LogP contribution < -0.4 is 10.6 Å². The maximum atomic E-state index is 4.25. The van der Waals surface area contributed by atoms with E-state index in [0.717, 1.165) is 38.1 Å². The van der Waals surface area contributed by atoms with Crippen molar-refractivity contribution in [2.75, 3.05) is 33.2 Å². The SMILES string of the molecule is CCN(CC)C(C)CNC(=NC)NCC1CC1.I. The summed E-state index contributed by atoms with van der Waals surface area (Å²) in [5.74, 6) is 1.82. The Hall–Kier alpha value is -0.0400. The fraction of sp³-hybridized carbons (Fsp3) is 0.923. The highest BCUT2D eigenvalue weighted by molar-refractivity contribution is 14.0. The Morgan fingerprint density at radius 2 is 1.89 bits per heavy atom. The van der Waals surface area contributed by atoms with Crippen LogP contribution in [0, 0.1) is 5.92 Å². The molecule has 108 valence electrons. The van der Waals surface area contributed by atoms with Crippen LogP contribution in [0.1, 0.15) is 33.6 Å². The summed E-state index contributed by atoms with van der Waals surface area (Å²) in [4.78, 5) is 6.69. The number of halogens is 1. The molecule has 0 bridgehead atoms. The van der Waals surface area contributed by atoms with Crippen LogP contribution in [0.3, 0.4) is 0 Å². The van der Waals surface area contributed by atoms with Crippen LogP contribution in [-0.4, -0.2) is 50.1 Å². The van der Waals surface area contributed by atoms with Gasteiger partial charge in [0.15, 0.2) is 5.96 Å². The van der Waals surface area contributed by atoms with Gasteiger partial charge in [-0.15, -0.1) is 24.0 Å². The molecule has 0 aromatic carbocycles. The third-order valence-electron chi connectivity index (χ3n) is 3.48. The summed E-state index contributed by atoms with van der Waals surface area (Å²) in [6, 6.07) is 0.546. The van der Waals surface area contributed by atoms with Crippen LogP contribution in [0.2, 0.25) is 0 Å². The van der Waals surface area contributed by atoms with Gasteiger partial charge in [0.1, 0.15) is 0 Å². The molecule has 1 saturated carbocycles. The summed E-state index contributed by atoms with van der Waals surface area (Å²) in [5, 5.41) is 6.78. The highest BCUT2D eigenvalue weighted by atomic mass is 127. The fourth-order valence-corrected chi connectivity index (χ4v) is 2.00. The van der Waals surface area contributed by atoms with Crippen molar-refractivity contribution in [2.45, 2.75) is 39.7 Å². The molecule has 0 amide bonds. The monoisotopic (exact) mass is 368 g/mol. The highest BCUT2D eigenvalue weighted by Gasteiger charge is 2.21. The average molecular weight is 368 g/mol. The number of nitrogens with one attached hydrogen (secondary N) is 2. The molecule has 0 aromatic rings. The van der Waals surface area contributed by atoms with Gasteiger partial charge < -0.3 is 10.6 Å². The van der Waals surface area contributed by atoms with Crippen LogP contribution in [0.25, 0.3) is 0 Å². The number of aliphatic imine (C=N–C) groups is 1. The molecule has 1 fully saturated rings. The van der Waals surface area contributed by atoms with Gasteiger partial charge in [0.2, 0.25) is 0 Å². The van der Waals surface area contributed by atoms with E-state index >= 15 is 0 Å². The van der Waals surface area contributed by atoms with Gasteiger partial charge in [-0.2, -0.15) is 0 Å². The van der Waals surface area contributed by atoms with E-state index in [0.29, 0.717) is 6.04 Å². The lowest BCUT2D eigenvalue weighted by Crippen LogP contribution is -2.46. The summed E-state index contributed by atoms with van der Waals surface area (Å²) in [5.41, 5.74) is 0. The first kappa shape index (κ1) is 18.0. The predicted molar refractivity (Wildman–Crippen MR) is 89.9 cm³/mol. The van der Waals surface area contributed by atoms with Gasteiger partial charge >= 0.3 is 0 Å². The lowest BCUT2D eigenvalue weighted by atomic mass is 10.3. The zero-order valence-corrected chi connectivity index (χ0v) is 14.5. The van der Waals surface area contributed by atoms with Crippen molar-refractivity contribution < 1.29 is 0 Å². The number of likely N-dealkylation sites (N-methyl/N-ethyl adjacent to an activating group) is 1. The van der Waals surface area contributed by atoms with E-state index in [1.807, 2.05) is 7.05 Å². The Labute approximate surface area is 129 Å². The summed E-state index contributed by atoms with van der Waals surface area (Å²) in [6.45, 7) is 10.9. The molecule has 4 nitrogen and oxygen atoms in total. The lowest BCUT2D eigenvalue weighted by Gasteiger charge is -2.27. The minimum Gasteiger partial charge on any atom is -0.356 e. The zero-order chi connectivity index (χ0) is 12.7. The van der Waals surface area contributed by atoms with E-state index in [2.05, 4.69) is 41.3 Å². The van der Waals surface area contributed by atoms with Gasteiger partial charge in [0.25, 0.3) is 0 Å². The topological polar surface area (TPSA) is 39.7 Å². The van der Waals surface area contributed by atoms with Crippen molar-refractivity contribution in [1.82, 2.24) is 15.5 Å². The Morgan fingerprint density at radius 1 is 1.28 bits per heavy atom. The first-order valence-electron chi connectivity index (χ1n) is 6.89. The number of rotatable bonds is 7. The van der Waals surface area contributed by atoms with Crippen LogP contribution in [-0.2, 0) is 0 Å². The van der Waals surface area contributed by atoms with E-state index in [-0.39, 0.29) is 24.0 Å². The van der Waals surface area contributed by atoms with Gasteiger partial charge in [0, 0.05) is 26.2 Å². The zero-order valence-electron chi connectivity index (χ0n) is 12.2.